The van der Waals surface area contributed by atoms with Crippen LogP contribution < -0.4 is 5.32 Å². The molecule has 17 heavy (non-hydrogen) atoms. The molecule has 4 heteroatoms. The van der Waals surface area contributed by atoms with Gasteiger partial charge in [0.25, 0.3) is 0 Å². The van der Waals surface area contributed by atoms with E-state index in [1.54, 1.807) is 0 Å². The number of nitrogens with zero attached hydrogens (tertiary/aromatic N) is 2. The predicted molar refractivity (Wildman–Crippen MR) is 71.6 cm³/mol. The van der Waals surface area contributed by atoms with Gasteiger partial charge in [0.1, 0.15) is 16.8 Å². The van der Waals surface area contributed by atoms with Crippen molar-refractivity contribution in [1.29, 1.82) is 0 Å². The Morgan fingerprint density at radius 2 is 2.12 bits per heavy atom. The van der Waals surface area contributed by atoms with Crippen LogP contribution in [0.25, 0.3) is 0 Å². The Morgan fingerprint density at radius 3 is 2.71 bits per heavy atom. The molecular weight excluding hydrogens is 234 g/mol. The van der Waals surface area contributed by atoms with Crippen molar-refractivity contribution in [1.82, 2.24) is 9.97 Å². The third-order valence-corrected chi connectivity index (χ3v) is 3.67. The molecule has 1 atom stereocenters. The van der Waals surface area contributed by atoms with E-state index >= 15 is 0 Å². The lowest BCUT2D eigenvalue weighted by Crippen LogP contribution is -2.19. The highest BCUT2D eigenvalue weighted by Crippen LogP contribution is 2.34. The van der Waals surface area contributed by atoms with E-state index in [1.807, 2.05) is 6.92 Å². The van der Waals surface area contributed by atoms with Crippen LogP contribution in [-0.4, -0.2) is 16.0 Å². The zero-order valence-corrected chi connectivity index (χ0v) is 11.5. The Hall–Kier alpha value is -0.830. The summed E-state index contributed by atoms with van der Waals surface area (Å²) >= 11 is 6.14. The Labute approximate surface area is 108 Å². The van der Waals surface area contributed by atoms with E-state index < -0.39 is 0 Å². The molecule has 2 rings (SSSR count). The van der Waals surface area contributed by atoms with E-state index in [0.717, 1.165) is 36.0 Å². The highest BCUT2D eigenvalue weighted by Gasteiger charge is 2.28. The maximum Gasteiger partial charge on any atom is 0.137 e. The summed E-state index contributed by atoms with van der Waals surface area (Å²) in [6.45, 7) is 6.31. The van der Waals surface area contributed by atoms with E-state index in [1.165, 1.54) is 12.8 Å². The van der Waals surface area contributed by atoms with E-state index in [0.29, 0.717) is 11.2 Å². The average Bonchev–Trinajstić information content (AvgIpc) is 3.09. The van der Waals surface area contributed by atoms with Gasteiger partial charge >= 0.3 is 0 Å². The van der Waals surface area contributed by atoms with Gasteiger partial charge < -0.3 is 5.32 Å². The Morgan fingerprint density at radius 1 is 1.41 bits per heavy atom. The first kappa shape index (κ1) is 12.6. The van der Waals surface area contributed by atoms with E-state index in [2.05, 4.69) is 29.1 Å². The summed E-state index contributed by atoms with van der Waals surface area (Å²) in [5.74, 6) is 2.55. The number of anilines is 1. The number of nitrogens with one attached hydrogen (secondary N) is 1. The summed E-state index contributed by atoms with van der Waals surface area (Å²) in [5.41, 5.74) is 0.957. The van der Waals surface area contributed by atoms with Gasteiger partial charge in [-0.2, -0.15) is 0 Å². The molecular formula is C13H20ClN3. The van der Waals surface area contributed by atoms with Gasteiger partial charge in [-0.1, -0.05) is 18.5 Å². The molecule has 1 aromatic rings. The van der Waals surface area contributed by atoms with Crippen LogP contribution in [-0.2, 0) is 6.42 Å². The monoisotopic (exact) mass is 253 g/mol. The average molecular weight is 254 g/mol. The van der Waals surface area contributed by atoms with E-state index in [4.69, 9.17) is 11.6 Å². The molecule has 0 saturated heterocycles. The molecule has 1 N–H and O–H groups in total. The number of aromatic nitrogens is 2. The molecule has 0 bridgehead atoms. The first-order valence-electron chi connectivity index (χ1n) is 6.41. The van der Waals surface area contributed by atoms with Crippen molar-refractivity contribution < 1.29 is 0 Å². The second-order valence-electron chi connectivity index (χ2n) is 4.92. The fourth-order valence-electron chi connectivity index (χ4n) is 1.94. The maximum atomic E-state index is 6.14. The smallest absolute Gasteiger partial charge is 0.137 e. The van der Waals surface area contributed by atoms with Crippen LogP contribution in [0.15, 0.2) is 0 Å². The third-order valence-electron chi connectivity index (χ3n) is 3.30. The summed E-state index contributed by atoms with van der Waals surface area (Å²) in [6, 6.07) is 0.481. The van der Waals surface area contributed by atoms with Crippen molar-refractivity contribution in [3.63, 3.8) is 0 Å². The number of aryl methyl sites for hydroxylation is 1. The standard InChI is InChI=1S/C13H20ClN3/c1-4-5-11-16-12(14)8(2)13(17-11)15-9(3)10-6-7-10/h9-10H,4-7H2,1-3H3,(H,15,16,17). The zero-order chi connectivity index (χ0) is 12.4. The normalized spacial score (nSPS) is 16.9. The van der Waals surface area contributed by atoms with Gasteiger partial charge in [0, 0.05) is 18.0 Å². The van der Waals surface area contributed by atoms with Crippen LogP contribution in [0.4, 0.5) is 5.82 Å². The first-order chi connectivity index (χ1) is 8.11. The minimum atomic E-state index is 0.481. The number of hydrogen-bond acceptors (Lipinski definition) is 3. The molecule has 1 fully saturated rings. The first-order valence-corrected chi connectivity index (χ1v) is 6.79. The lowest BCUT2D eigenvalue weighted by molar-refractivity contribution is 0.686. The van der Waals surface area contributed by atoms with Gasteiger partial charge in [-0.25, -0.2) is 9.97 Å². The predicted octanol–water partition coefficient (Wildman–Crippen LogP) is 3.60. The SMILES string of the molecule is CCCc1nc(Cl)c(C)c(NC(C)C2CC2)n1. The van der Waals surface area contributed by atoms with Gasteiger partial charge in [-0.05, 0) is 39.0 Å². The molecule has 1 aliphatic rings. The quantitative estimate of drug-likeness (QED) is 0.815. The minimum Gasteiger partial charge on any atom is -0.367 e. The third kappa shape index (κ3) is 3.09. The lowest BCUT2D eigenvalue weighted by atomic mass is 10.2. The summed E-state index contributed by atoms with van der Waals surface area (Å²) in [4.78, 5) is 8.87. The molecule has 3 nitrogen and oxygen atoms in total. The molecule has 0 amide bonds. The minimum absolute atomic E-state index is 0.481. The molecule has 0 spiro atoms. The second kappa shape index (κ2) is 5.21. The molecule has 1 heterocycles. The summed E-state index contributed by atoms with van der Waals surface area (Å²) < 4.78 is 0. The van der Waals surface area contributed by atoms with Gasteiger partial charge in [0.05, 0.1) is 0 Å². The van der Waals surface area contributed by atoms with Crippen LogP contribution in [0.2, 0.25) is 5.15 Å². The summed E-state index contributed by atoms with van der Waals surface area (Å²) in [7, 11) is 0. The van der Waals surface area contributed by atoms with Crippen molar-refractivity contribution in [2.75, 3.05) is 5.32 Å². The van der Waals surface area contributed by atoms with Crippen LogP contribution in [0.1, 0.15) is 44.5 Å². The number of rotatable bonds is 5. The fraction of sp³-hybridized carbons (Fsp3) is 0.692. The highest BCUT2D eigenvalue weighted by molar-refractivity contribution is 6.30. The second-order valence-corrected chi connectivity index (χ2v) is 5.28. The molecule has 0 radical (unpaired) electrons. The Bertz CT molecular complexity index is 402. The van der Waals surface area contributed by atoms with Crippen molar-refractivity contribution in [3.05, 3.63) is 16.5 Å². The summed E-state index contributed by atoms with van der Waals surface area (Å²) in [6.07, 6.45) is 4.57. The van der Waals surface area contributed by atoms with Gasteiger partial charge in [0.2, 0.25) is 0 Å². The zero-order valence-electron chi connectivity index (χ0n) is 10.8. The molecule has 1 aliphatic carbocycles. The molecule has 0 aromatic carbocycles. The van der Waals surface area contributed by atoms with Gasteiger partial charge in [0.15, 0.2) is 0 Å². The molecule has 1 aromatic heterocycles. The fourth-order valence-corrected chi connectivity index (χ4v) is 2.13. The molecule has 1 unspecified atom stereocenters. The van der Waals surface area contributed by atoms with Crippen LogP contribution >= 0.6 is 11.6 Å². The van der Waals surface area contributed by atoms with Crippen molar-refractivity contribution in [3.8, 4) is 0 Å². The van der Waals surface area contributed by atoms with Gasteiger partial charge in [-0.15, -0.1) is 0 Å². The maximum absolute atomic E-state index is 6.14. The number of hydrogen-bond donors (Lipinski definition) is 1. The summed E-state index contributed by atoms with van der Waals surface area (Å²) in [5, 5.41) is 4.05. The van der Waals surface area contributed by atoms with Crippen LogP contribution in [0.5, 0.6) is 0 Å². The van der Waals surface area contributed by atoms with Crippen LogP contribution in [0, 0.1) is 12.8 Å². The van der Waals surface area contributed by atoms with Crippen LogP contribution in [0.3, 0.4) is 0 Å². The Balaban J connectivity index is 2.18. The molecule has 1 saturated carbocycles. The lowest BCUT2D eigenvalue weighted by Gasteiger charge is -2.16. The Kier molecular flexibility index (Phi) is 3.87. The molecule has 0 aliphatic heterocycles. The number of halogens is 1. The largest absolute Gasteiger partial charge is 0.367 e. The van der Waals surface area contributed by atoms with Crippen molar-refractivity contribution >= 4 is 17.4 Å². The van der Waals surface area contributed by atoms with E-state index in [9.17, 15) is 0 Å². The van der Waals surface area contributed by atoms with E-state index in [-0.39, 0.29) is 0 Å². The van der Waals surface area contributed by atoms with Crippen molar-refractivity contribution in [2.45, 2.75) is 52.5 Å². The van der Waals surface area contributed by atoms with Gasteiger partial charge in [-0.3, -0.25) is 0 Å². The highest BCUT2D eigenvalue weighted by atomic mass is 35.5. The molecule has 94 valence electrons. The van der Waals surface area contributed by atoms with Crippen molar-refractivity contribution in [2.24, 2.45) is 5.92 Å². The topological polar surface area (TPSA) is 37.8 Å².